The molecule has 0 amide bonds. The molecule has 80 valence electrons. The van der Waals surface area contributed by atoms with E-state index >= 15 is 0 Å². The summed E-state index contributed by atoms with van der Waals surface area (Å²) in [5.41, 5.74) is 3.11. The fraction of sp³-hybridized carbons (Fsp3) is 0.538. The smallest absolute Gasteiger partial charge is 0.0482 e. The first-order chi connectivity index (χ1) is 7.38. The highest BCUT2D eigenvalue weighted by molar-refractivity contribution is 5.34. The van der Waals surface area contributed by atoms with E-state index in [1.807, 2.05) is 0 Å². The van der Waals surface area contributed by atoms with Gasteiger partial charge in [-0.2, -0.15) is 0 Å². The highest BCUT2D eigenvalue weighted by Gasteiger charge is 2.33. The van der Waals surface area contributed by atoms with Gasteiger partial charge in [-0.15, -0.1) is 0 Å². The van der Waals surface area contributed by atoms with E-state index in [1.165, 1.54) is 32.7 Å². The molecule has 2 heteroatoms. The Morgan fingerprint density at radius 2 is 2.13 bits per heavy atom. The van der Waals surface area contributed by atoms with Crippen molar-refractivity contribution in [1.82, 2.24) is 9.80 Å². The number of likely N-dealkylation sites (N-methyl/N-ethyl adjacent to an activating group) is 1. The molecule has 1 aromatic carbocycles. The summed E-state index contributed by atoms with van der Waals surface area (Å²) in [6.07, 6.45) is 0. The first kappa shape index (κ1) is 9.37. The van der Waals surface area contributed by atoms with E-state index in [9.17, 15) is 0 Å². The first-order valence-electron chi connectivity index (χ1n) is 5.92. The Bertz CT molecular complexity index is 361. The van der Waals surface area contributed by atoms with Crippen LogP contribution in [-0.2, 0) is 6.54 Å². The molecule has 2 nitrogen and oxygen atoms in total. The lowest BCUT2D eigenvalue weighted by Crippen LogP contribution is -2.45. The normalized spacial score (nSPS) is 26.3. The van der Waals surface area contributed by atoms with Gasteiger partial charge in [0, 0.05) is 32.2 Å². The molecule has 0 bridgehead atoms. The Morgan fingerprint density at radius 1 is 1.27 bits per heavy atom. The minimum Gasteiger partial charge on any atom is -0.300 e. The van der Waals surface area contributed by atoms with E-state index in [4.69, 9.17) is 0 Å². The second-order valence-electron chi connectivity index (χ2n) is 4.58. The third kappa shape index (κ3) is 1.48. The van der Waals surface area contributed by atoms with Crippen molar-refractivity contribution in [2.75, 3.05) is 26.2 Å². The Labute approximate surface area is 91.5 Å². The molecule has 2 aliphatic heterocycles. The molecule has 1 atom stereocenters. The topological polar surface area (TPSA) is 6.48 Å². The van der Waals surface area contributed by atoms with Crippen molar-refractivity contribution in [3.05, 3.63) is 35.4 Å². The van der Waals surface area contributed by atoms with E-state index in [0.29, 0.717) is 6.04 Å². The van der Waals surface area contributed by atoms with Gasteiger partial charge in [-0.1, -0.05) is 31.2 Å². The van der Waals surface area contributed by atoms with Crippen LogP contribution in [0.1, 0.15) is 24.1 Å². The summed E-state index contributed by atoms with van der Waals surface area (Å²) in [6, 6.07) is 9.58. The third-order valence-corrected chi connectivity index (χ3v) is 3.81. The van der Waals surface area contributed by atoms with Crippen molar-refractivity contribution in [1.29, 1.82) is 0 Å². The first-order valence-corrected chi connectivity index (χ1v) is 5.92. The standard InChI is InChI=1S/C13H18N2/c1-2-14-7-8-15-9-11-5-3-4-6-12(11)13(15)10-14/h3-6,13H,2,7-10H2,1H3. The lowest BCUT2D eigenvalue weighted by atomic mass is 10.0. The van der Waals surface area contributed by atoms with Crippen molar-refractivity contribution >= 4 is 0 Å². The van der Waals surface area contributed by atoms with Gasteiger partial charge in [0.25, 0.3) is 0 Å². The van der Waals surface area contributed by atoms with Crippen LogP contribution in [-0.4, -0.2) is 36.0 Å². The molecule has 1 saturated heterocycles. The van der Waals surface area contributed by atoms with Crippen LogP contribution >= 0.6 is 0 Å². The largest absolute Gasteiger partial charge is 0.300 e. The van der Waals surface area contributed by atoms with Crippen LogP contribution in [0.5, 0.6) is 0 Å². The number of fused-ring (bicyclic) bond motifs is 3. The van der Waals surface area contributed by atoms with Crippen molar-refractivity contribution in [2.45, 2.75) is 19.5 Å². The fourth-order valence-corrected chi connectivity index (χ4v) is 2.87. The van der Waals surface area contributed by atoms with Crippen LogP contribution < -0.4 is 0 Å². The van der Waals surface area contributed by atoms with Crippen LogP contribution in [0.3, 0.4) is 0 Å². The summed E-state index contributed by atoms with van der Waals surface area (Å²) in [7, 11) is 0. The lowest BCUT2D eigenvalue weighted by molar-refractivity contribution is 0.0871. The molecule has 2 aliphatic rings. The number of benzene rings is 1. The summed E-state index contributed by atoms with van der Waals surface area (Å²) in [4.78, 5) is 5.18. The zero-order valence-electron chi connectivity index (χ0n) is 9.32. The maximum absolute atomic E-state index is 2.62. The van der Waals surface area contributed by atoms with Crippen LogP contribution in [0.25, 0.3) is 0 Å². The molecule has 0 saturated carbocycles. The van der Waals surface area contributed by atoms with Gasteiger partial charge in [0.05, 0.1) is 0 Å². The zero-order valence-corrected chi connectivity index (χ0v) is 9.32. The van der Waals surface area contributed by atoms with E-state index < -0.39 is 0 Å². The quantitative estimate of drug-likeness (QED) is 0.686. The van der Waals surface area contributed by atoms with Crippen LogP contribution in [0.4, 0.5) is 0 Å². The van der Waals surface area contributed by atoms with Crippen molar-refractivity contribution < 1.29 is 0 Å². The van der Waals surface area contributed by atoms with Crippen molar-refractivity contribution in [3.63, 3.8) is 0 Å². The SMILES string of the molecule is CCN1CCN2Cc3ccccc3C2C1. The van der Waals surface area contributed by atoms with Crippen molar-refractivity contribution in [2.24, 2.45) is 0 Å². The molecule has 0 aliphatic carbocycles. The maximum Gasteiger partial charge on any atom is 0.0482 e. The van der Waals surface area contributed by atoms with Crippen LogP contribution in [0.2, 0.25) is 0 Å². The molecule has 1 unspecified atom stereocenters. The lowest BCUT2D eigenvalue weighted by Gasteiger charge is -2.37. The Kier molecular flexibility index (Phi) is 2.26. The van der Waals surface area contributed by atoms with Crippen LogP contribution in [0.15, 0.2) is 24.3 Å². The predicted octanol–water partition coefficient (Wildman–Crippen LogP) is 1.88. The van der Waals surface area contributed by atoms with Gasteiger partial charge in [0.15, 0.2) is 0 Å². The summed E-state index contributed by atoms with van der Waals surface area (Å²) < 4.78 is 0. The molecule has 0 N–H and O–H groups in total. The van der Waals surface area contributed by atoms with Gasteiger partial charge < -0.3 is 4.90 Å². The second-order valence-corrected chi connectivity index (χ2v) is 4.58. The molecule has 1 aromatic rings. The second kappa shape index (κ2) is 3.62. The van der Waals surface area contributed by atoms with E-state index in [-0.39, 0.29) is 0 Å². The monoisotopic (exact) mass is 202 g/mol. The van der Waals surface area contributed by atoms with E-state index in [0.717, 1.165) is 0 Å². The van der Waals surface area contributed by atoms with Gasteiger partial charge in [0.2, 0.25) is 0 Å². The highest BCUT2D eigenvalue weighted by Crippen LogP contribution is 2.35. The molecular weight excluding hydrogens is 184 g/mol. The Balaban J connectivity index is 1.89. The number of piperazine rings is 1. The molecule has 2 heterocycles. The zero-order chi connectivity index (χ0) is 10.3. The van der Waals surface area contributed by atoms with Gasteiger partial charge in [-0.05, 0) is 17.7 Å². The maximum atomic E-state index is 2.62. The number of rotatable bonds is 1. The molecule has 0 radical (unpaired) electrons. The molecule has 3 rings (SSSR count). The van der Waals surface area contributed by atoms with Crippen LogP contribution in [0, 0.1) is 0 Å². The highest BCUT2D eigenvalue weighted by atomic mass is 15.3. The minimum absolute atomic E-state index is 0.662. The van der Waals surface area contributed by atoms with Gasteiger partial charge in [-0.3, -0.25) is 4.90 Å². The van der Waals surface area contributed by atoms with Gasteiger partial charge in [0.1, 0.15) is 0 Å². The van der Waals surface area contributed by atoms with Gasteiger partial charge >= 0.3 is 0 Å². The predicted molar refractivity (Wildman–Crippen MR) is 61.7 cm³/mol. The summed E-state index contributed by atoms with van der Waals surface area (Å²) in [5, 5.41) is 0. The summed E-state index contributed by atoms with van der Waals surface area (Å²) in [6.45, 7) is 8.29. The fourth-order valence-electron chi connectivity index (χ4n) is 2.87. The number of nitrogens with zero attached hydrogens (tertiary/aromatic N) is 2. The number of hydrogen-bond donors (Lipinski definition) is 0. The molecule has 0 spiro atoms. The summed E-state index contributed by atoms with van der Waals surface area (Å²) in [5.74, 6) is 0. The molecule has 0 aromatic heterocycles. The Morgan fingerprint density at radius 3 is 3.00 bits per heavy atom. The van der Waals surface area contributed by atoms with Gasteiger partial charge in [-0.25, -0.2) is 0 Å². The molecule has 1 fully saturated rings. The molecular formula is C13H18N2. The average molecular weight is 202 g/mol. The van der Waals surface area contributed by atoms with E-state index in [2.05, 4.69) is 41.0 Å². The summed E-state index contributed by atoms with van der Waals surface area (Å²) >= 11 is 0. The van der Waals surface area contributed by atoms with Crippen molar-refractivity contribution in [3.8, 4) is 0 Å². The minimum atomic E-state index is 0.662. The number of hydrogen-bond acceptors (Lipinski definition) is 2. The van der Waals surface area contributed by atoms with E-state index in [1.54, 1.807) is 11.1 Å². The Hall–Kier alpha value is -0.860. The average Bonchev–Trinajstić information content (AvgIpc) is 2.66. The molecule has 15 heavy (non-hydrogen) atoms. The third-order valence-electron chi connectivity index (χ3n) is 3.81.